The second-order valence-electron chi connectivity index (χ2n) is 4.60. The van der Waals surface area contributed by atoms with Crippen LogP contribution in [0.3, 0.4) is 0 Å². The van der Waals surface area contributed by atoms with Crippen LogP contribution >= 0.6 is 0 Å². The molecule has 1 saturated heterocycles. The van der Waals surface area contributed by atoms with Gasteiger partial charge in [0.15, 0.2) is 5.75 Å². The van der Waals surface area contributed by atoms with E-state index >= 15 is 0 Å². The second-order valence-corrected chi connectivity index (χ2v) is 4.60. The van der Waals surface area contributed by atoms with Crippen molar-refractivity contribution in [1.82, 2.24) is 5.32 Å². The van der Waals surface area contributed by atoms with Crippen molar-refractivity contribution in [2.75, 3.05) is 19.7 Å². The van der Waals surface area contributed by atoms with Gasteiger partial charge in [0.2, 0.25) is 0 Å². The molecule has 0 radical (unpaired) electrons. The van der Waals surface area contributed by atoms with E-state index in [9.17, 15) is 23.3 Å². The maximum absolute atomic E-state index is 12.5. The van der Waals surface area contributed by atoms with Crippen LogP contribution < -0.4 is 10.1 Å². The standard InChI is InChI=1S/C12H13F3N2O3/c13-12(14,15)9-1-2-11(10(5-9)17(18)19)20-4-3-8-6-16-7-8/h1-2,5,8,16H,3-4,6-7H2. The highest BCUT2D eigenvalue weighted by Crippen LogP contribution is 2.36. The van der Waals surface area contributed by atoms with Crippen molar-refractivity contribution < 1.29 is 22.8 Å². The summed E-state index contributed by atoms with van der Waals surface area (Å²) in [6.45, 7) is 2.00. The largest absolute Gasteiger partial charge is 0.487 e. The summed E-state index contributed by atoms with van der Waals surface area (Å²) in [7, 11) is 0. The molecule has 5 nitrogen and oxygen atoms in total. The SMILES string of the molecule is O=[N+]([O-])c1cc(C(F)(F)F)ccc1OCCC1CNC1. The summed E-state index contributed by atoms with van der Waals surface area (Å²) in [6, 6.07) is 2.29. The Morgan fingerprint density at radius 3 is 2.60 bits per heavy atom. The number of halogens is 3. The maximum atomic E-state index is 12.5. The average molecular weight is 290 g/mol. The van der Waals surface area contributed by atoms with E-state index < -0.39 is 22.4 Å². The minimum Gasteiger partial charge on any atom is -0.487 e. The molecule has 1 heterocycles. The Kier molecular flexibility index (Phi) is 4.12. The van der Waals surface area contributed by atoms with Crippen LogP contribution in [0.2, 0.25) is 0 Å². The zero-order valence-electron chi connectivity index (χ0n) is 10.4. The van der Waals surface area contributed by atoms with Gasteiger partial charge in [-0.05, 0) is 37.6 Å². The summed E-state index contributed by atoms with van der Waals surface area (Å²) in [5, 5.41) is 13.9. The van der Waals surface area contributed by atoms with Gasteiger partial charge >= 0.3 is 11.9 Å². The number of hydrogen-bond acceptors (Lipinski definition) is 4. The van der Waals surface area contributed by atoms with Gasteiger partial charge < -0.3 is 10.1 Å². The monoisotopic (exact) mass is 290 g/mol. The molecule has 1 aliphatic heterocycles. The van der Waals surface area contributed by atoms with Crippen molar-refractivity contribution in [2.24, 2.45) is 5.92 Å². The Morgan fingerprint density at radius 1 is 1.40 bits per heavy atom. The summed E-state index contributed by atoms with van der Waals surface area (Å²) in [6.07, 6.45) is -3.90. The first-order valence-electron chi connectivity index (χ1n) is 6.07. The molecule has 1 aliphatic rings. The van der Waals surface area contributed by atoms with Crippen LogP contribution in [-0.2, 0) is 6.18 Å². The molecule has 0 aliphatic carbocycles. The van der Waals surface area contributed by atoms with Crippen LogP contribution in [0.4, 0.5) is 18.9 Å². The van der Waals surface area contributed by atoms with Crippen molar-refractivity contribution in [2.45, 2.75) is 12.6 Å². The van der Waals surface area contributed by atoms with E-state index in [1.807, 2.05) is 0 Å². The van der Waals surface area contributed by atoms with Crippen LogP contribution in [0.25, 0.3) is 0 Å². The third-order valence-corrected chi connectivity index (χ3v) is 3.13. The van der Waals surface area contributed by atoms with Crippen molar-refractivity contribution in [1.29, 1.82) is 0 Å². The van der Waals surface area contributed by atoms with Gasteiger partial charge in [-0.2, -0.15) is 13.2 Å². The van der Waals surface area contributed by atoms with E-state index in [1.54, 1.807) is 0 Å². The Morgan fingerprint density at radius 2 is 2.10 bits per heavy atom. The fourth-order valence-corrected chi connectivity index (χ4v) is 1.85. The fraction of sp³-hybridized carbons (Fsp3) is 0.500. The van der Waals surface area contributed by atoms with Crippen molar-refractivity contribution in [3.63, 3.8) is 0 Å². The number of benzene rings is 1. The molecule has 0 atom stereocenters. The lowest BCUT2D eigenvalue weighted by Gasteiger charge is -2.26. The Hall–Kier alpha value is -1.83. The first kappa shape index (κ1) is 14.6. The molecule has 0 spiro atoms. The third-order valence-electron chi connectivity index (χ3n) is 3.13. The Labute approximate surface area is 112 Å². The van der Waals surface area contributed by atoms with E-state index in [0.29, 0.717) is 18.4 Å². The number of hydrogen-bond donors (Lipinski definition) is 1. The van der Waals surface area contributed by atoms with Crippen LogP contribution in [0, 0.1) is 16.0 Å². The predicted molar refractivity (Wildman–Crippen MR) is 64.6 cm³/mol. The van der Waals surface area contributed by atoms with E-state index in [0.717, 1.165) is 25.2 Å². The van der Waals surface area contributed by atoms with Gasteiger partial charge in [0.05, 0.1) is 17.1 Å². The van der Waals surface area contributed by atoms with Gasteiger partial charge in [-0.1, -0.05) is 0 Å². The van der Waals surface area contributed by atoms with Gasteiger partial charge in [-0.3, -0.25) is 10.1 Å². The molecule has 1 N–H and O–H groups in total. The molecule has 8 heteroatoms. The molecule has 0 aromatic heterocycles. The third kappa shape index (κ3) is 3.38. The number of nitro groups is 1. The minimum absolute atomic E-state index is 0.129. The molecule has 0 saturated carbocycles. The molecule has 1 aromatic carbocycles. The zero-order valence-corrected chi connectivity index (χ0v) is 10.4. The van der Waals surface area contributed by atoms with E-state index in [1.165, 1.54) is 0 Å². The van der Waals surface area contributed by atoms with Gasteiger partial charge in [0.25, 0.3) is 0 Å². The van der Waals surface area contributed by atoms with Crippen LogP contribution in [0.5, 0.6) is 5.75 Å². The molecule has 0 amide bonds. The van der Waals surface area contributed by atoms with Crippen molar-refractivity contribution in [3.8, 4) is 5.75 Å². The Bertz CT molecular complexity index is 501. The van der Waals surface area contributed by atoms with Gasteiger partial charge in [-0.15, -0.1) is 0 Å². The first-order valence-corrected chi connectivity index (χ1v) is 6.07. The number of alkyl halides is 3. The van der Waals surface area contributed by atoms with Gasteiger partial charge in [-0.25, -0.2) is 0 Å². The maximum Gasteiger partial charge on any atom is 0.416 e. The molecule has 20 heavy (non-hydrogen) atoms. The minimum atomic E-state index is -4.61. The fourth-order valence-electron chi connectivity index (χ4n) is 1.85. The van der Waals surface area contributed by atoms with Gasteiger partial charge in [0.1, 0.15) is 0 Å². The van der Waals surface area contributed by atoms with Crippen molar-refractivity contribution in [3.05, 3.63) is 33.9 Å². The lowest BCUT2D eigenvalue weighted by molar-refractivity contribution is -0.386. The number of nitrogens with zero attached hydrogens (tertiary/aromatic N) is 1. The topological polar surface area (TPSA) is 64.4 Å². The average Bonchev–Trinajstić information content (AvgIpc) is 2.31. The normalized spacial score (nSPS) is 15.8. The summed E-state index contributed by atoms with van der Waals surface area (Å²) in [4.78, 5) is 9.95. The molecule has 1 aromatic rings. The smallest absolute Gasteiger partial charge is 0.416 e. The summed E-state index contributed by atoms with van der Waals surface area (Å²) in [5.74, 6) is 0.332. The molecular weight excluding hydrogens is 277 g/mol. The van der Waals surface area contributed by atoms with Crippen LogP contribution in [0.1, 0.15) is 12.0 Å². The zero-order chi connectivity index (χ0) is 14.8. The molecule has 0 bridgehead atoms. The van der Waals surface area contributed by atoms with Crippen LogP contribution in [0.15, 0.2) is 18.2 Å². The molecule has 1 fully saturated rings. The quantitative estimate of drug-likeness (QED) is 0.668. The van der Waals surface area contributed by atoms with Crippen LogP contribution in [-0.4, -0.2) is 24.6 Å². The number of nitro benzene ring substituents is 1. The lowest BCUT2D eigenvalue weighted by Crippen LogP contribution is -2.42. The first-order chi connectivity index (χ1) is 9.38. The summed E-state index contributed by atoms with van der Waals surface area (Å²) >= 11 is 0. The Balaban J connectivity index is 2.08. The van der Waals surface area contributed by atoms with E-state index in [2.05, 4.69) is 5.32 Å². The van der Waals surface area contributed by atoms with Crippen molar-refractivity contribution >= 4 is 5.69 Å². The predicted octanol–water partition coefficient (Wildman–Crippen LogP) is 2.60. The summed E-state index contributed by atoms with van der Waals surface area (Å²) in [5.41, 5.74) is -1.72. The van der Waals surface area contributed by atoms with E-state index in [-0.39, 0.29) is 12.4 Å². The molecular formula is C12H13F3N2O3. The molecule has 2 rings (SSSR count). The molecule has 110 valence electrons. The molecule has 0 unspecified atom stereocenters. The highest BCUT2D eigenvalue weighted by Gasteiger charge is 2.33. The highest BCUT2D eigenvalue weighted by atomic mass is 19.4. The summed E-state index contributed by atoms with van der Waals surface area (Å²) < 4.78 is 42.7. The lowest BCUT2D eigenvalue weighted by atomic mass is 10.0. The number of rotatable bonds is 5. The number of ether oxygens (including phenoxy) is 1. The van der Waals surface area contributed by atoms with Gasteiger partial charge in [0, 0.05) is 6.07 Å². The second kappa shape index (κ2) is 5.66. The highest BCUT2D eigenvalue weighted by molar-refractivity contribution is 5.49. The van der Waals surface area contributed by atoms with E-state index in [4.69, 9.17) is 4.74 Å². The number of nitrogens with one attached hydrogen (secondary N) is 1.